The van der Waals surface area contributed by atoms with Gasteiger partial charge in [-0.15, -0.1) is 0 Å². The molecular formula is C26H48N2O3. The molecule has 0 aromatic rings. The summed E-state index contributed by atoms with van der Waals surface area (Å²) >= 11 is 0. The molecule has 31 heavy (non-hydrogen) atoms. The highest BCUT2D eigenvalue weighted by molar-refractivity contribution is 5.87. The van der Waals surface area contributed by atoms with E-state index in [1.54, 1.807) is 4.90 Å². The number of likely N-dealkylation sites (tertiary alicyclic amines) is 2. The molecule has 2 unspecified atom stereocenters. The third-order valence-electron chi connectivity index (χ3n) is 7.27. The van der Waals surface area contributed by atoms with E-state index in [0.29, 0.717) is 13.0 Å². The second kappa shape index (κ2) is 15.7. The summed E-state index contributed by atoms with van der Waals surface area (Å²) in [5, 5.41) is 9.38. The van der Waals surface area contributed by atoms with Crippen LogP contribution in [0.5, 0.6) is 0 Å². The minimum Gasteiger partial charge on any atom is -0.480 e. The second-order valence-corrected chi connectivity index (χ2v) is 9.82. The van der Waals surface area contributed by atoms with Crippen LogP contribution in [0.2, 0.25) is 0 Å². The zero-order valence-electron chi connectivity index (χ0n) is 20.2. The van der Waals surface area contributed by atoms with Crippen LogP contribution in [0.25, 0.3) is 0 Å². The molecule has 0 aliphatic carbocycles. The number of carboxylic acid groups (broad SMARTS) is 1. The van der Waals surface area contributed by atoms with Crippen LogP contribution in [0, 0.1) is 0 Å². The molecule has 5 heteroatoms. The fourth-order valence-electron chi connectivity index (χ4n) is 5.36. The van der Waals surface area contributed by atoms with Crippen molar-refractivity contribution in [3.8, 4) is 0 Å². The van der Waals surface area contributed by atoms with Crippen molar-refractivity contribution in [3.05, 3.63) is 0 Å². The summed E-state index contributed by atoms with van der Waals surface area (Å²) in [6.07, 6.45) is 22.4. The Hall–Kier alpha value is -1.10. The summed E-state index contributed by atoms with van der Waals surface area (Å²) in [5.41, 5.74) is 0. The lowest BCUT2D eigenvalue weighted by atomic mass is 10.0. The zero-order chi connectivity index (χ0) is 22.3. The molecule has 2 heterocycles. The molecule has 0 bridgehead atoms. The maximum atomic E-state index is 12.9. The van der Waals surface area contributed by atoms with Gasteiger partial charge >= 0.3 is 5.97 Å². The van der Waals surface area contributed by atoms with Gasteiger partial charge in [-0.05, 0) is 45.2 Å². The monoisotopic (exact) mass is 436 g/mol. The summed E-state index contributed by atoms with van der Waals surface area (Å²) < 4.78 is 0. The van der Waals surface area contributed by atoms with Crippen LogP contribution in [-0.4, -0.2) is 58.5 Å². The Bertz CT molecular complexity index is 511. The van der Waals surface area contributed by atoms with Crippen molar-refractivity contribution in [2.75, 3.05) is 19.6 Å². The van der Waals surface area contributed by atoms with E-state index in [4.69, 9.17) is 0 Å². The summed E-state index contributed by atoms with van der Waals surface area (Å²) in [6, 6.07) is -0.682. The number of carboxylic acids is 1. The molecule has 0 aromatic carbocycles. The molecular weight excluding hydrogens is 388 g/mol. The number of carbonyl (C=O) groups excluding carboxylic acids is 1. The lowest BCUT2D eigenvalue weighted by molar-refractivity contribution is -0.150. The Labute approximate surface area is 190 Å². The van der Waals surface area contributed by atoms with Gasteiger partial charge in [-0.1, -0.05) is 90.4 Å². The number of unbranched alkanes of at least 4 members (excludes halogenated alkanes) is 13. The first-order valence-electron chi connectivity index (χ1n) is 13.4. The molecule has 2 rings (SSSR count). The molecule has 2 saturated heterocycles. The van der Waals surface area contributed by atoms with Gasteiger partial charge in [0.25, 0.3) is 0 Å². The lowest BCUT2D eigenvalue weighted by Gasteiger charge is -2.30. The standard InChI is InChI=1S/C26H48N2O3/c1-2-3-4-5-6-7-8-9-10-11-12-13-14-15-20-27-21-16-18-23(27)25(29)28-22-17-19-24(28)26(30)31/h23-24H,2-22H2,1H3,(H,30,31). The van der Waals surface area contributed by atoms with Gasteiger partial charge in [-0.2, -0.15) is 0 Å². The predicted molar refractivity (Wildman–Crippen MR) is 127 cm³/mol. The summed E-state index contributed by atoms with van der Waals surface area (Å²) in [4.78, 5) is 28.3. The van der Waals surface area contributed by atoms with E-state index in [9.17, 15) is 14.7 Å². The Kier molecular flexibility index (Phi) is 13.2. The molecule has 1 amide bonds. The van der Waals surface area contributed by atoms with Gasteiger partial charge in [0.1, 0.15) is 6.04 Å². The predicted octanol–water partition coefficient (Wildman–Crippen LogP) is 6.01. The molecule has 0 aromatic heterocycles. The summed E-state index contributed by atoms with van der Waals surface area (Å²) in [5.74, 6) is -0.782. The second-order valence-electron chi connectivity index (χ2n) is 9.82. The fraction of sp³-hybridized carbons (Fsp3) is 0.923. The first-order valence-corrected chi connectivity index (χ1v) is 13.4. The van der Waals surface area contributed by atoms with E-state index in [0.717, 1.165) is 38.8 Å². The summed E-state index contributed by atoms with van der Waals surface area (Å²) in [7, 11) is 0. The van der Waals surface area contributed by atoms with Gasteiger partial charge < -0.3 is 10.0 Å². The topological polar surface area (TPSA) is 60.9 Å². The largest absolute Gasteiger partial charge is 0.480 e. The van der Waals surface area contributed by atoms with Crippen molar-refractivity contribution in [2.45, 2.75) is 135 Å². The van der Waals surface area contributed by atoms with Crippen molar-refractivity contribution in [3.63, 3.8) is 0 Å². The van der Waals surface area contributed by atoms with Gasteiger partial charge in [0.15, 0.2) is 0 Å². The highest BCUT2D eigenvalue weighted by Gasteiger charge is 2.40. The van der Waals surface area contributed by atoms with Crippen LogP contribution in [0.15, 0.2) is 0 Å². The molecule has 2 fully saturated rings. The molecule has 0 saturated carbocycles. The maximum absolute atomic E-state index is 12.9. The molecule has 2 atom stereocenters. The first-order chi connectivity index (χ1) is 15.1. The zero-order valence-corrected chi connectivity index (χ0v) is 20.2. The van der Waals surface area contributed by atoms with Gasteiger partial charge in [-0.25, -0.2) is 4.79 Å². The molecule has 2 aliphatic heterocycles. The minimum absolute atomic E-state index is 0.0627. The van der Waals surface area contributed by atoms with Crippen molar-refractivity contribution in [2.24, 2.45) is 0 Å². The van der Waals surface area contributed by atoms with Crippen LogP contribution in [0.1, 0.15) is 122 Å². The van der Waals surface area contributed by atoms with E-state index in [1.165, 1.54) is 83.5 Å². The van der Waals surface area contributed by atoms with E-state index in [1.807, 2.05) is 0 Å². The summed E-state index contributed by atoms with van der Waals surface area (Å²) in [6.45, 7) is 4.86. The van der Waals surface area contributed by atoms with Crippen LogP contribution in [-0.2, 0) is 9.59 Å². The first kappa shape index (κ1) is 26.2. The number of nitrogens with zero attached hydrogens (tertiary/aromatic N) is 2. The highest BCUT2D eigenvalue weighted by Crippen LogP contribution is 2.25. The molecule has 2 aliphatic rings. The minimum atomic E-state index is -0.845. The average molecular weight is 437 g/mol. The van der Waals surface area contributed by atoms with E-state index >= 15 is 0 Å². The van der Waals surface area contributed by atoms with Crippen molar-refractivity contribution >= 4 is 11.9 Å². The Morgan fingerprint density at radius 3 is 1.74 bits per heavy atom. The molecule has 0 spiro atoms. The quantitative estimate of drug-likeness (QED) is 0.284. The Morgan fingerprint density at radius 2 is 1.19 bits per heavy atom. The van der Waals surface area contributed by atoms with Crippen LogP contribution in [0.3, 0.4) is 0 Å². The van der Waals surface area contributed by atoms with Crippen LogP contribution in [0.4, 0.5) is 0 Å². The van der Waals surface area contributed by atoms with Gasteiger partial charge in [0, 0.05) is 6.54 Å². The van der Waals surface area contributed by atoms with Gasteiger partial charge in [0.2, 0.25) is 5.91 Å². The number of hydrogen-bond donors (Lipinski definition) is 1. The number of hydrogen-bond acceptors (Lipinski definition) is 3. The molecule has 0 radical (unpaired) electrons. The van der Waals surface area contributed by atoms with Crippen molar-refractivity contribution in [1.29, 1.82) is 0 Å². The highest BCUT2D eigenvalue weighted by atomic mass is 16.4. The Morgan fingerprint density at radius 1 is 0.710 bits per heavy atom. The number of rotatable bonds is 17. The van der Waals surface area contributed by atoms with E-state index in [2.05, 4.69) is 11.8 Å². The SMILES string of the molecule is CCCCCCCCCCCCCCCCN1CCCC1C(=O)N1CCCC1C(=O)O. The molecule has 5 nitrogen and oxygen atoms in total. The third kappa shape index (κ3) is 9.51. The van der Waals surface area contributed by atoms with Crippen LogP contribution < -0.4 is 0 Å². The van der Waals surface area contributed by atoms with Gasteiger partial charge in [0.05, 0.1) is 6.04 Å². The normalized spacial score (nSPS) is 21.8. The number of amides is 1. The number of aliphatic carboxylic acids is 1. The average Bonchev–Trinajstić information content (AvgIpc) is 3.43. The Balaban J connectivity index is 1.48. The smallest absolute Gasteiger partial charge is 0.326 e. The molecule has 180 valence electrons. The van der Waals surface area contributed by atoms with Crippen molar-refractivity contribution in [1.82, 2.24) is 9.80 Å². The fourth-order valence-corrected chi connectivity index (χ4v) is 5.36. The van der Waals surface area contributed by atoms with E-state index < -0.39 is 12.0 Å². The van der Waals surface area contributed by atoms with E-state index in [-0.39, 0.29) is 11.9 Å². The lowest BCUT2D eigenvalue weighted by Crippen LogP contribution is -2.49. The van der Waals surface area contributed by atoms with Crippen LogP contribution >= 0.6 is 0 Å². The van der Waals surface area contributed by atoms with Crippen molar-refractivity contribution < 1.29 is 14.7 Å². The number of carbonyl (C=O) groups is 2. The third-order valence-corrected chi connectivity index (χ3v) is 7.27. The van der Waals surface area contributed by atoms with Gasteiger partial charge in [-0.3, -0.25) is 9.69 Å². The molecule has 1 N–H and O–H groups in total. The maximum Gasteiger partial charge on any atom is 0.326 e.